The van der Waals surface area contributed by atoms with E-state index in [1.807, 2.05) is 0 Å². The molecular formula is C12H16N4O3S. The maximum absolute atomic E-state index is 12.0. The molecule has 1 aromatic carbocycles. The van der Waals surface area contributed by atoms with Gasteiger partial charge in [0.15, 0.2) is 0 Å². The molecule has 0 unspecified atom stereocenters. The number of aromatic nitrogens is 2. The highest BCUT2D eigenvalue weighted by Crippen LogP contribution is 2.15. The van der Waals surface area contributed by atoms with Crippen molar-refractivity contribution in [2.24, 2.45) is 5.73 Å². The van der Waals surface area contributed by atoms with Crippen molar-refractivity contribution in [2.75, 3.05) is 13.2 Å². The fourth-order valence-electron chi connectivity index (χ4n) is 1.53. The quantitative estimate of drug-likeness (QED) is 0.677. The van der Waals surface area contributed by atoms with E-state index in [0.717, 1.165) is 0 Å². The van der Waals surface area contributed by atoms with Gasteiger partial charge in [-0.15, -0.1) is 0 Å². The number of hydrogen-bond donors (Lipinski definition) is 3. The van der Waals surface area contributed by atoms with Crippen LogP contribution in [-0.4, -0.2) is 31.5 Å². The van der Waals surface area contributed by atoms with E-state index >= 15 is 0 Å². The molecule has 0 atom stereocenters. The molecular weight excluding hydrogens is 280 g/mol. The Labute approximate surface area is 117 Å². The zero-order chi connectivity index (χ0) is 14.4. The summed E-state index contributed by atoms with van der Waals surface area (Å²) in [5.41, 5.74) is 6.01. The van der Waals surface area contributed by atoms with Gasteiger partial charge in [-0.25, -0.2) is 18.1 Å². The normalized spacial score (nSPS) is 11.4. The summed E-state index contributed by atoms with van der Waals surface area (Å²) < 4.78 is 31.9. The third kappa shape index (κ3) is 3.80. The van der Waals surface area contributed by atoms with Crippen molar-refractivity contribution in [3.63, 3.8) is 0 Å². The average Bonchev–Trinajstić information content (AvgIpc) is 2.97. The fraction of sp³-hybridized carbons (Fsp3) is 0.250. The first kappa shape index (κ1) is 14.5. The van der Waals surface area contributed by atoms with E-state index in [-0.39, 0.29) is 11.4 Å². The van der Waals surface area contributed by atoms with E-state index in [1.165, 1.54) is 18.5 Å². The van der Waals surface area contributed by atoms with E-state index < -0.39 is 10.0 Å². The van der Waals surface area contributed by atoms with Crippen molar-refractivity contribution in [3.8, 4) is 5.75 Å². The smallest absolute Gasteiger partial charge is 0.240 e. The molecule has 1 aromatic heterocycles. The SMILES string of the molecule is NCCOc1ccc(S(=O)(=O)NCc2cnc[nH]2)cc1. The van der Waals surface area contributed by atoms with Gasteiger partial charge in [0.25, 0.3) is 0 Å². The Morgan fingerprint density at radius 1 is 1.30 bits per heavy atom. The Kier molecular flexibility index (Phi) is 4.72. The summed E-state index contributed by atoms with van der Waals surface area (Å²) in [6.07, 6.45) is 3.06. The third-order valence-electron chi connectivity index (χ3n) is 2.53. The molecule has 0 fully saturated rings. The number of imidazole rings is 1. The van der Waals surface area contributed by atoms with Gasteiger partial charge in [0, 0.05) is 18.4 Å². The maximum atomic E-state index is 12.0. The van der Waals surface area contributed by atoms with Crippen molar-refractivity contribution < 1.29 is 13.2 Å². The molecule has 0 amide bonds. The Morgan fingerprint density at radius 3 is 2.65 bits per heavy atom. The third-order valence-corrected chi connectivity index (χ3v) is 3.95. The van der Waals surface area contributed by atoms with Crippen LogP contribution in [0.1, 0.15) is 5.69 Å². The predicted molar refractivity (Wildman–Crippen MR) is 73.6 cm³/mol. The molecule has 7 nitrogen and oxygen atoms in total. The second-order valence-electron chi connectivity index (χ2n) is 4.01. The molecule has 20 heavy (non-hydrogen) atoms. The van der Waals surface area contributed by atoms with Gasteiger partial charge < -0.3 is 15.5 Å². The van der Waals surface area contributed by atoms with Crippen LogP contribution in [0.25, 0.3) is 0 Å². The minimum Gasteiger partial charge on any atom is -0.492 e. The largest absolute Gasteiger partial charge is 0.492 e. The van der Waals surface area contributed by atoms with Gasteiger partial charge >= 0.3 is 0 Å². The summed E-state index contributed by atoms with van der Waals surface area (Å²) in [6, 6.07) is 6.17. The Bertz CT molecular complexity index is 623. The number of aromatic amines is 1. The van der Waals surface area contributed by atoms with Crippen molar-refractivity contribution in [3.05, 3.63) is 42.5 Å². The van der Waals surface area contributed by atoms with E-state index in [9.17, 15) is 8.42 Å². The molecule has 0 aliphatic rings. The highest BCUT2D eigenvalue weighted by Gasteiger charge is 2.13. The number of nitrogens with one attached hydrogen (secondary N) is 2. The van der Waals surface area contributed by atoms with Gasteiger partial charge in [0.1, 0.15) is 12.4 Å². The molecule has 0 radical (unpaired) electrons. The molecule has 0 spiro atoms. The fourth-order valence-corrected chi connectivity index (χ4v) is 2.54. The first-order valence-electron chi connectivity index (χ1n) is 6.01. The van der Waals surface area contributed by atoms with Crippen LogP contribution in [0.2, 0.25) is 0 Å². The highest BCUT2D eigenvalue weighted by molar-refractivity contribution is 7.89. The number of hydrogen-bond acceptors (Lipinski definition) is 5. The molecule has 8 heteroatoms. The Morgan fingerprint density at radius 2 is 2.05 bits per heavy atom. The standard InChI is InChI=1S/C12H16N4O3S/c13-5-6-19-11-1-3-12(4-2-11)20(17,18)16-8-10-7-14-9-15-10/h1-4,7,9,16H,5-6,8,13H2,(H,14,15). The first-order valence-corrected chi connectivity index (χ1v) is 7.50. The molecule has 0 bridgehead atoms. The topological polar surface area (TPSA) is 110 Å². The number of nitrogens with zero attached hydrogens (tertiary/aromatic N) is 1. The zero-order valence-electron chi connectivity index (χ0n) is 10.7. The summed E-state index contributed by atoms with van der Waals surface area (Å²) >= 11 is 0. The maximum Gasteiger partial charge on any atom is 0.240 e. The van der Waals surface area contributed by atoms with Gasteiger partial charge in [-0.3, -0.25) is 0 Å². The van der Waals surface area contributed by atoms with Gasteiger partial charge in [-0.2, -0.15) is 0 Å². The lowest BCUT2D eigenvalue weighted by molar-refractivity contribution is 0.328. The van der Waals surface area contributed by atoms with Crippen LogP contribution in [0.5, 0.6) is 5.75 Å². The molecule has 0 aliphatic carbocycles. The number of nitrogens with two attached hydrogens (primary N) is 1. The monoisotopic (exact) mass is 296 g/mol. The molecule has 0 saturated carbocycles. The first-order chi connectivity index (χ1) is 9.62. The van der Waals surface area contributed by atoms with E-state index in [0.29, 0.717) is 24.6 Å². The molecule has 0 aliphatic heterocycles. The zero-order valence-corrected chi connectivity index (χ0v) is 11.6. The number of rotatable bonds is 7. The minimum absolute atomic E-state index is 0.160. The second kappa shape index (κ2) is 6.51. The molecule has 2 aromatic rings. The lowest BCUT2D eigenvalue weighted by Crippen LogP contribution is -2.23. The summed E-state index contributed by atoms with van der Waals surface area (Å²) in [4.78, 5) is 6.82. The number of H-pyrrole nitrogens is 1. The van der Waals surface area contributed by atoms with Crippen LogP contribution in [0.15, 0.2) is 41.7 Å². The van der Waals surface area contributed by atoms with Gasteiger partial charge in [-0.1, -0.05) is 0 Å². The van der Waals surface area contributed by atoms with Crippen molar-refractivity contribution in [1.82, 2.24) is 14.7 Å². The molecule has 2 rings (SSSR count). The summed E-state index contributed by atoms with van der Waals surface area (Å²) in [5, 5.41) is 0. The van der Waals surface area contributed by atoms with Crippen molar-refractivity contribution in [2.45, 2.75) is 11.4 Å². The number of ether oxygens (including phenoxy) is 1. The molecule has 4 N–H and O–H groups in total. The van der Waals surface area contributed by atoms with Gasteiger partial charge in [0.2, 0.25) is 10.0 Å². The number of benzene rings is 1. The Hall–Kier alpha value is -1.90. The van der Waals surface area contributed by atoms with Crippen LogP contribution < -0.4 is 15.2 Å². The van der Waals surface area contributed by atoms with E-state index in [1.54, 1.807) is 18.3 Å². The number of sulfonamides is 1. The van der Waals surface area contributed by atoms with Crippen molar-refractivity contribution >= 4 is 10.0 Å². The molecule has 108 valence electrons. The van der Waals surface area contributed by atoms with E-state index in [2.05, 4.69) is 14.7 Å². The summed E-state index contributed by atoms with van der Waals surface area (Å²) in [5.74, 6) is 0.586. The lowest BCUT2D eigenvalue weighted by Gasteiger charge is -2.07. The van der Waals surface area contributed by atoms with Crippen LogP contribution in [-0.2, 0) is 16.6 Å². The lowest BCUT2D eigenvalue weighted by atomic mass is 10.3. The van der Waals surface area contributed by atoms with Crippen LogP contribution in [0.4, 0.5) is 0 Å². The summed E-state index contributed by atoms with van der Waals surface area (Å²) in [6.45, 7) is 0.962. The Balaban J connectivity index is 2.01. The minimum atomic E-state index is -3.55. The van der Waals surface area contributed by atoms with E-state index in [4.69, 9.17) is 10.5 Å². The second-order valence-corrected chi connectivity index (χ2v) is 5.78. The predicted octanol–water partition coefficient (Wildman–Crippen LogP) is 0.226. The average molecular weight is 296 g/mol. The van der Waals surface area contributed by atoms with Gasteiger partial charge in [-0.05, 0) is 24.3 Å². The van der Waals surface area contributed by atoms with Crippen molar-refractivity contribution in [1.29, 1.82) is 0 Å². The summed E-state index contributed by atoms with van der Waals surface area (Å²) in [7, 11) is -3.55. The van der Waals surface area contributed by atoms with Crippen LogP contribution in [0.3, 0.4) is 0 Å². The van der Waals surface area contributed by atoms with Gasteiger partial charge in [0.05, 0.1) is 17.8 Å². The molecule has 0 saturated heterocycles. The highest BCUT2D eigenvalue weighted by atomic mass is 32.2. The molecule has 1 heterocycles. The van der Waals surface area contributed by atoms with Crippen LogP contribution >= 0.6 is 0 Å². The van der Waals surface area contributed by atoms with Crippen LogP contribution in [0, 0.1) is 0 Å².